The number of hydrogen-bond donors (Lipinski definition) is 3. The maximum atomic E-state index is 9.10. The normalized spacial score (nSPS) is 19.6. The van der Waals surface area contributed by atoms with Crippen molar-refractivity contribution in [1.82, 2.24) is 0 Å². The molecule has 0 rings (SSSR count). The maximum absolute atomic E-state index is 9.10. The second kappa shape index (κ2) is 4.44. The van der Waals surface area contributed by atoms with Gasteiger partial charge in [-0.1, -0.05) is 6.08 Å². The molecule has 0 heterocycles. The molecular weight excluding hydrogens is 130 g/mol. The molecule has 0 radical (unpaired) electrons. The molecule has 0 aliphatic carbocycles. The first kappa shape index (κ1) is 9.62. The quantitative estimate of drug-likeness (QED) is 0.473. The summed E-state index contributed by atoms with van der Waals surface area (Å²) in [6, 6.07) is -0.405. The van der Waals surface area contributed by atoms with E-state index < -0.39 is 18.2 Å². The Hall–Kier alpha value is -0.380. The highest BCUT2D eigenvalue weighted by atomic mass is 16.3. The van der Waals surface area contributed by atoms with Gasteiger partial charge >= 0.3 is 0 Å². The molecule has 3 nitrogen and oxygen atoms in total. The fraction of sp³-hybridized carbons (Fsp3) is 0.714. The fourth-order valence-corrected chi connectivity index (χ4v) is 0.690. The molecule has 0 unspecified atom stereocenters. The van der Waals surface area contributed by atoms with Crippen LogP contribution in [0.1, 0.15) is 13.3 Å². The number of rotatable bonds is 4. The van der Waals surface area contributed by atoms with E-state index in [-0.39, 0.29) is 0 Å². The molecule has 0 aromatic heterocycles. The molecule has 0 aliphatic rings. The highest BCUT2D eigenvalue weighted by molar-refractivity contribution is 4.82. The summed E-state index contributed by atoms with van der Waals surface area (Å²) in [4.78, 5) is 0. The smallest absolute Gasteiger partial charge is 0.0949 e. The number of aliphatic hydroxyl groups excluding tert-OH is 2. The van der Waals surface area contributed by atoms with Gasteiger partial charge in [0.25, 0.3) is 0 Å². The number of hydrogen-bond acceptors (Lipinski definition) is 3. The van der Waals surface area contributed by atoms with Gasteiger partial charge in [0.05, 0.1) is 12.2 Å². The fourth-order valence-electron chi connectivity index (χ4n) is 0.690. The van der Waals surface area contributed by atoms with Crippen LogP contribution in [0.3, 0.4) is 0 Å². The minimum atomic E-state index is -0.849. The van der Waals surface area contributed by atoms with E-state index in [9.17, 15) is 0 Å². The third-order valence-electron chi connectivity index (χ3n) is 1.37. The van der Waals surface area contributed by atoms with Crippen LogP contribution in [0, 0.1) is 0 Å². The topological polar surface area (TPSA) is 66.5 Å². The lowest BCUT2D eigenvalue weighted by Crippen LogP contribution is -2.41. The van der Waals surface area contributed by atoms with Gasteiger partial charge < -0.3 is 15.9 Å². The Bertz CT molecular complexity index is 104. The summed E-state index contributed by atoms with van der Waals surface area (Å²) in [5.74, 6) is 0. The predicted molar refractivity (Wildman–Crippen MR) is 40.5 cm³/mol. The first-order chi connectivity index (χ1) is 4.59. The Morgan fingerprint density at radius 2 is 2.10 bits per heavy atom. The van der Waals surface area contributed by atoms with Gasteiger partial charge in [0.15, 0.2) is 0 Å². The largest absolute Gasteiger partial charge is 0.391 e. The van der Waals surface area contributed by atoms with Gasteiger partial charge in [0.2, 0.25) is 0 Å². The van der Waals surface area contributed by atoms with E-state index in [1.807, 2.05) is 0 Å². The van der Waals surface area contributed by atoms with Crippen molar-refractivity contribution in [3.63, 3.8) is 0 Å². The Labute approximate surface area is 61.2 Å². The van der Waals surface area contributed by atoms with Crippen LogP contribution in [0.4, 0.5) is 0 Å². The Kier molecular flexibility index (Phi) is 4.27. The zero-order valence-corrected chi connectivity index (χ0v) is 6.20. The van der Waals surface area contributed by atoms with Crippen molar-refractivity contribution >= 4 is 0 Å². The van der Waals surface area contributed by atoms with Gasteiger partial charge in [-0.3, -0.25) is 0 Å². The monoisotopic (exact) mass is 145 g/mol. The first-order valence-electron chi connectivity index (χ1n) is 3.32. The van der Waals surface area contributed by atoms with Crippen LogP contribution in [0.25, 0.3) is 0 Å². The molecule has 0 bridgehead atoms. The lowest BCUT2D eigenvalue weighted by atomic mass is 10.0. The van der Waals surface area contributed by atoms with Crippen LogP contribution in [-0.4, -0.2) is 28.5 Å². The Balaban J connectivity index is 3.68. The second-order valence-corrected chi connectivity index (χ2v) is 2.42. The van der Waals surface area contributed by atoms with Crippen molar-refractivity contribution in [1.29, 1.82) is 0 Å². The first-order valence-corrected chi connectivity index (χ1v) is 3.32. The summed E-state index contributed by atoms with van der Waals surface area (Å²) in [5.41, 5.74) is 5.45. The van der Waals surface area contributed by atoms with Gasteiger partial charge in [0, 0.05) is 6.04 Å². The molecule has 3 heteroatoms. The predicted octanol–water partition coefficient (Wildman–Crippen LogP) is -0.368. The third-order valence-corrected chi connectivity index (χ3v) is 1.37. The van der Waals surface area contributed by atoms with Crippen LogP contribution in [0.2, 0.25) is 0 Å². The average Bonchev–Trinajstić information content (AvgIpc) is 1.87. The second-order valence-electron chi connectivity index (χ2n) is 2.42. The number of aliphatic hydroxyl groups is 2. The molecular formula is C7H15NO2. The Morgan fingerprint density at radius 1 is 1.60 bits per heavy atom. The average molecular weight is 145 g/mol. The van der Waals surface area contributed by atoms with Crippen LogP contribution in [-0.2, 0) is 0 Å². The standard InChI is InChI=1S/C7H15NO2/c1-3-4-6(8)7(10)5(2)9/h3,5-7,9-10H,1,4,8H2,2H3/t5-,6+,7-/m1/s1. The minimum Gasteiger partial charge on any atom is -0.391 e. The molecule has 0 aromatic rings. The van der Waals surface area contributed by atoms with Crippen LogP contribution < -0.4 is 5.73 Å². The number of nitrogens with two attached hydrogens (primary N) is 1. The van der Waals surface area contributed by atoms with Crippen molar-refractivity contribution in [2.75, 3.05) is 0 Å². The van der Waals surface area contributed by atoms with E-state index >= 15 is 0 Å². The van der Waals surface area contributed by atoms with Crippen molar-refractivity contribution in [3.05, 3.63) is 12.7 Å². The SMILES string of the molecule is C=CC[C@H](N)[C@H](O)[C@@H](C)O. The van der Waals surface area contributed by atoms with Gasteiger partial charge in [-0.25, -0.2) is 0 Å². The molecule has 0 saturated carbocycles. The molecule has 0 saturated heterocycles. The van der Waals surface area contributed by atoms with Crippen LogP contribution in [0.15, 0.2) is 12.7 Å². The van der Waals surface area contributed by atoms with Crippen molar-refractivity contribution in [2.45, 2.75) is 31.6 Å². The molecule has 0 amide bonds. The molecule has 10 heavy (non-hydrogen) atoms. The van der Waals surface area contributed by atoms with Crippen molar-refractivity contribution < 1.29 is 10.2 Å². The van der Waals surface area contributed by atoms with Gasteiger partial charge in [-0.15, -0.1) is 6.58 Å². The third kappa shape index (κ3) is 2.96. The van der Waals surface area contributed by atoms with Gasteiger partial charge in [0.1, 0.15) is 0 Å². The lowest BCUT2D eigenvalue weighted by molar-refractivity contribution is 0.0158. The zero-order chi connectivity index (χ0) is 8.15. The van der Waals surface area contributed by atoms with E-state index in [0.29, 0.717) is 6.42 Å². The van der Waals surface area contributed by atoms with E-state index in [0.717, 1.165) is 0 Å². The molecule has 0 fully saturated rings. The molecule has 0 aromatic carbocycles. The summed E-state index contributed by atoms with van der Waals surface area (Å²) >= 11 is 0. The molecule has 60 valence electrons. The minimum absolute atomic E-state index is 0.405. The van der Waals surface area contributed by atoms with Gasteiger partial charge in [-0.05, 0) is 13.3 Å². The summed E-state index contributed by atoms with van der Waals surface area (Å²) in [5, 5.41) is 18.0. The Morgan fingerprint density at radius 3 is 2.40 bits per heavy atom. The van der Waals surface area contributed by atoms with Crippen LogP contribution >= 0.6 is 0 Å². The van der Waals surface area contributed by atoms with E-state index in [4.69, 9.17) is 15.9 Å². The van der Waals surface area contributed by atoms with Crippen LogP contribution in [0.5, 0.6) is 0 Å². The summed E-state index contributed by atoms with van der Waals surface area (Å²) in [6.07, 6.45) is 0.524. The zero-order valence-electron chi connectivity index (χ0n) is 6.20. The summed E-state index contributed by atoms with van der Waals surface area (Å²) in [7, 11) is 0. The van der Waals surface area contributed by atoms with E-state index in [2.05, 4.69) is 6.58 Å². The molecule has 0 aliphatic heterocycles. The van der Waals surface area contributed by atoms with E-state index in [1.54, 1.807) is 6.08 Å². The van der Waals surface area contributed by atoms with Crippen molar-refractivity contribution in [2.24, 2.45) is 5.73 Å². The van der Waals surface area contributed by atoms with Crippen molar-refractivity contribution in [3.8, 4) is 0 Å². The summed E-state index contributed by atoms with van der Waals surface area (Å²) in [6.45, 7) is 4.98. The summed E-state index contributed by atoms with van der Waals surface area (Å²) < 4.78 is 0. The lowest BCUT2D eigenvalue weighted by Gasteiger charge is -2.19. The molecule has 0 spiro atoms. The molecule has 3 atom stereocenters. The maximum Gasteiger partial charge on any atom is 0.0949 e. The highest BCUT2D eigenvalue weighted by Crippen LogP contribution is 2.00. The highest BCUT2D eigenvalue weighted by Gasteiger charge is 2.17. The molecule has 4 N–H and O–H groups in total. The van der Waals surface area contributed by atoms with Gasteiger partial charge in [-0.2, -0.15) is 0 Å². The van der Waals surface area contributed by atoms with E-state index in [1.165, 1.54) is 6.92 Å².